The molecule has 0 saturated heterocycles. The smallest absolute Gasteiger partial charge is 0.255 e. The highest BCUT2D eigenvalue weighted by molar-refractivity contribution is 6.05. The maximum Gasteiger partial charge on any atom is 0.255 e. The van der Waals surface area contributed by atoms with Crippen LogP contribution in [0.1, 0.15) is 21.6 Å². The quantitative estimate of drug-likeness (QED) is 0.723. The first-order valence-corrected chi connectivity index (χ1v) is 7.34. The van der Waals surface area contributed by atoms with E-state index < -0.39 is 0 Å². The minimum atomic E-state index is -0.217. The van der Waals surface area contributed by atoms with Crippen LogP contribution in [0.3, 0.4) is 0 Å². The minimum Gasteiger partial charge on any atom is -0.397 e. The Hall–Kier alpha value is -3.59. The Morgan fingerprint density at radius 1 is 1.17 bits per heavy atom. The Labute approximate surface area is 139 Å². The Morgan fingerprint density at radius 2 is 1.92 bits per heavy atom. The van der Waals surface area contributed by atoms with Gasteiger partial charge in [0.25, 0.3) is 5.91 Å². The SMILES string of the molecule is N#Cc1ccn(Cc2ccc(C(=O)Nc3ccccc3N)cc2)n1. The fourth-order valence-electron chi connectivity index (χ4n) is 2.26. The Balaban J connectivity index is 1.69. The highest BCUT2D eigenvalue weighted by Gasteiger charge is 2.08. The van der Waals surface area contributed by atoms with Gasteiger partial charge >= 0.3 is 0 Å². The van der Waals surface area contributed by atoms with E-state index in [1.165, 1.54) is 0 Å². The molecule has 0 aliphatic heterocycles. The molecule has 2 aromatic carbocycles. The predicted octanol–water partition coefficient (Wildman–Crippen LogP) is 2.64. The van der Waals surface area contributed by atoms with E-state index in [0.29, 0.717) is 29.2 Å². The van der Waals surface area contributed by atoms with Crippen molar-refractivity contribution in [2.75, 3.05) is 11.1 Å². The van der Waals surface area contributed by atoms with E-state index in [4.69, 9.17) is 11.0 Å². The molecule has 118 valence electrons. The number of nitrogens with two attached hydrogens (primary N) is 1. The molecule has 0 atom stereocenters. The summed E-state index contributed by atoms with van der Waals surface area (Å²) in [5, 5.41) is 15.7. The molecule has 0 unspecified atom stereocenters. The van der Waals surface area contributed by atoms with Gasteiger partial charge in [0.05, 0.1) is 17.9 Å². The lowest BCUT2D eigenvalue weighted by molar-refractivity contribution is 0.102. The minimum absolute atomic E-state index is 0.217. The Morgan fingerprint density at radius 3 is 2.58 bits per heavy atom. The van der Waals surface area contributed by atoms with Gasteiger partial charge in [-0.3, -0.25) is 9.48 Å². The van der Waals surface area contributed by atoms with Gasteiger partial charge < -0.3 is 11.1 Å². The number of anilines is 2. The number of rotatable bonds is 4. The zero-order valence-electron chi connectivity index (χ0n) is 12.8. The van der Waals surface area contributed by atoms with Gasteiger partial charge in [-0.2, -0.15) is 10.4 Å². The van der Waals surface area contributed by atoms with Gasteiger partial charge in [0.1, 0.15) is 6.07 Å². The van der Waals surface area contributed by atoms with Crippen molar-refractivity contribution in [3.8, 4) is 6.07 Å². The molecule has 0 aliphatic carbocycles. The summed E-state index contributed by atoms with van der Waals surface area (Å²) in [5.41, 5.74) is 8.84. The summed E-state index contributed by atoms with van der Waals surface area (Å²) in [6.45, 7) is 0.537. The number of nitrogen functional groups attached to an aromatic ring is 1. The van der Waals surface area contributed by atoms with Crippen LogP contribution in [0.5, 0.6) is 0 Å². The number of nitrogens with zero attached hydrogens (tertiary/aromatic N) is 3. The fraction of sp³-hybridized carbons (Fsp3) is 0.0556. The second kappa shape index (κ2) is 6.67. The molecule has 1 aromatic heterocycles. The zero-order valence-corrected chi connectivity index (χ0v) is 12.8. The monoisotopic (exact) mass is 317 g/mol. The van der Waals surface area contributed by atoms with E-state index >= 15 is 0 Å². The molecule has 0 spiro atoms. The first-order valence-electron chi connectivity index (χ1n) is 7.34. The van der Waals surface area contributed by atoms with Gasteiger partial charge in [0, 0.05) is 11.8 Å². The third-order valence-corrected chi connectivity index (χ3v) is 3.52. The standard InChI is InChI=1S/C18H15N5O/c19-11-15-9-10-23(22-15)12-13-5-7-14(8-6-13)18(24)21-17-4-2-1-3-16(17)20/h1-10H,12,20H2,(H,21,24). The van der Waals surface area contributed by atoms with Crippen LogP contribution in [-0.2, 0) is 6.54 Å². The molecule has 6 heteroatoms. The third-order valence-electron chi connectivity index (χ3n) is 3.52. The van der Waals surface area contributed by atoms with E-state index in [9.17, 15) is 4.79 Å². The number of carbonyl (C=O) groups is 1. The van der Waals surface area contributed by atoms with Crippen LogP contribution in [-0.4, -0.2) is 15.7 Å². The van der Waals surface area contributed by atoms with E-state index in [1.54, 1.807) is 41.2 Å². The topological polar surface area (TPSA) is 96.7 Å². The van der Waals surface area contributed by atoms with Crippen molar-refractivity contribution in [1.29, 1.82) is 5.26 Å². The summed E-state index contributed by atoms with van der Waals surface area (Å²) in [7, 11) is 0. The second-order valence-corrected chi connectivity index (χ2v) is 5.25. The van der Waals surface area contributed by atoms with E-state index in [2.05, 4.69) is 10.4 Å². The van der Waals surface area contributed by atoms with Crippen molar-refractivity contribution >= 4 is 17.3 Å². The van der Waals surface area contributed by atoms with Crippen molar-refractivity contribution < 1.29 is 4.79 Å². The summed E-state index contributed by atoms with van der Waals surface area (Å²) in [6, 6.07) is 18.0. The molecule has 0 bridgehead atoms. The number of nitrogens with one attached hydrogen (secondary N) is 1. The van der Waals surface area contributed by atoms with E-state index in [-0.39, 0.29) is 5.91 Å². The predicted molar refractivity (Wildman–Crippen MR) is 91.3 cm³/mol. The van der Waals surface area contributed by atoms with Crippen molar-refractivity contribution in [3.63, 3.8) is 0 Å². The number of carbonyl (C=O) groups excluding carboxylic acids is 1. The molecule has 1 amide bonds. The van der Waals surface area contributed by atoms with Crippen molar-refractivity contribution in [3.05, 3.63) is 77.6 Å². The molecule has 0 radical (unpaired) electrons. The lowest BCUT2D eigenvalue weighted by Gasteiger charge is -2.08. The number of amides is 1. The summed E-state index contributed by atoms with van der Waals surface area (Å²) < 4.78 is 1.68. The van der Waals surface area contributed by atoms with Crippen molar-refractivity contribution in [2.24, 2.45) is 0 Å². The maximum atomic E-state index is 12.3. The van der Waals surface area contributed by atoms with Gasteiger partial charge in [0.2, 0.25) is 0 Å². The second-order valence-electron chi connectivity index (χ2n) is 5.25. The summed E-state index contributed by atoms with van der Waals surface area (Å²) >= 11 is 0. The summed E-state index contributed by atoms with van der Waals surface area (Å²) in [5.74, 6) is -0.217. The largest absolute Gasteiger partial charge is 0.397 e. The molecule has 0 fully saturated rings. The Bertz CT molecular complexity index is 906. The van der Waals surface area contributed by atoms with Crippen LogP contribution >= 0.6 is 0 Å². The number of nitriles is 1. The van der Waals surface area contributed by atoms with Gasteiger partial charge in [-0.15, -0.1) is 0 Å². The number of benzene rings is 2. The van der Waals surface area contributed by atoms with Crippen LogP contribution in [0, 0.1) is 11.3 Å². The lowest BCUT2D eigenvalue weighted by atomic mass is 10.1. The normalized spacial score (nSPS) is 10.1. The van der Waals surface area contributed by atoms with Crippen molar-refractivity contribution in [1.82, 2.24) is 9.78 Å². The zero-order chi connectivity index (χ0) is 16.9. The van der Waals surface area contributed by atoms with Gasteiger partial charge in [-0.1, -0.05) is 24.3 Å². The molecule has 1 heterocycles. The van der Waals surface area contributed by atoms with Gasteiger partial charge in [0.15, 0.2) is 5.69 Å². The molecule has 3 N–H and O–H groups in total. The first kappa shape index (κ1) is 15.3. The molecule has 3 aromatic rings. The molecule has 6 nitrogen and oxygen atoms in total. The number of hydrogen-bond donors (Lipinski definition) is 2. The van der Waals surface area contributed by atoms with E-state index in [0.717, 1.165) is 5.56 Å². The highest BCUT2D eigenvalue weighted by Crippen LogP contribution is 2.18. The van der Waals surface area contributed by atoms with Gasteiger partial charge in [-0.05, 0) is 35.9 Å². The van der Waals surface area contributed by atoms with Crippen LogP contribution in [0.25, 0.3) is 0 Å². The molecular formula is C18H15N5O. The molecule has 3 rings (SSSR count). The Kier molecular flexibility index (Phi) is 4.25. The van der Waals surface area contributed by atoms with Crippen LogP contribution in [0.4, 0.5) is 11.4 Å². The highest BCUT2D eigenvalue weighted by atomic mass is 16.1. The van der Waals surface area contributed by atoms with Crippen LogP contribution < -0.4 is 11.1 Å². The average Bonchev–Trinajstić information content (AvgIpc) is 3.05. The lowest BCUT2D eigenvalue weighted by Crippen LogP contribution is -2.13. The maximum absolute atomic E-state index is 12.3. The average molecular weight is 317 g/mol. The number of para-hydroxylation sites is 2. The van der Waals surface area contributed by atoms with Crippen LogP contribution in [0.15, 0.2) is 60.8 Å². The summed E-state index contributed by atoms with van der Waals surface area (Å²) in [4.78, 5) is 12.3. The van der Waals surface area contributed by atoms with Crippen molar-refractivity contribution in [2.45, 2.75) is 6.54 Å². The number of hydrogen-bond acceptors (Lipinski definition) is 4. The fourth-order valence-corrected chi connectivity index (χ4v) is 2.26. The molecular weight excluding hydrogens is 302 g/mol. The molecule has 0 saturated carbocycles. The van der Waals surface area contributed by atoms with Gasteiger partial charge in [-0.25, -0.2) is 0 Å². The molecule has 24 heavy (non-hydrogen) atoms. The summed E-state index contributed by atoms with van der Waals surface area (Å²) in [6.07, 6.45) is 1.75. The number of aromatic nitrogens is 2. The first-order chi connectivity index (χ1) is 11.7. The third kappa shape index (κ3) is 3.42. The molecule has 0 aliphatic rings. The van der Waals surface area contributed by atoms with Crippen LogP contribution in [0.2, 0.25) is 0 Å². The van der Waals surface area contributed by atoms with E-state index in [1.807, 2.05) is 30.3 Å².